The van der Waals surface area contributed by atoms with Crippen LogP contribution in [0.3, 0.4) is 0 Å². The van der Waals surface area contributed by atoms with Crippen LogP contribution in [0.25, 0.3) is 11.0 Å². The lowest BCUT2D eigenvalue weighted by atomic mass is 10.1. The van der Waals surface area contributed by atoms with E-state index in [1.54, 1.807) is 6.07 Å². The standard InChI is InChI=1S/C18H19NO4/c20-17-5-2-8-19(17)9-10-22-12-6-7-16-15(11-12)13-3-1-4-14(13)18(21)23-16/h6-7,11H,1-5,8-10H2. The first-order chi connectivity index (χ1) is 11.2. The number of nitrogens with zero attached hydrogens (tertiary/aromatic N) is 1. The van der Waals surface area contributed by atoms with Crippen molar-refractivity contribution in [2.45, 2.75) is 32.1 Å². The Morgan fingerprint density at radius 1 is 1.09 bits per heavy atom. The van der Waals surface area contributed by atoms with Crippen molar-refractivity contribution in [3.8, 4) is 5.75 Å². The molecule has 0 saturated carbocycles. The molecule has 0 N–H and O–H groups in total. The quantitative estimate of drug-likeness (QED) is 0.813. The van der Waals surface area contributed by atoms with E-state index < -0.39 is 0 Å². The zero-order valence-electron chi connectivity index (χ0n) is 13.0. The molecule has 1 saturated heterocycles. The minimum atomic E-state index is -0.203. The summed E-state index contributed by atoms with van der Waals surface area (Å²) in [6.07, 6.45) is 4.32. The van der Waals surface area contributed by atoms with Crippen LogP contribution in [-0.4, -0.2) is 30.5 Å². The van der Waals surface area contributed by atoms with Gasteiger partial charge in [-0.1, -0.05) is 0 Å². The summed E-state index contributed by atoms with van der Waals surface area (Å²) < 4.78 is 11.2. The number of likely N-dealkylation sites (tertiary alicyclic amines) is 1. The van der Waals surface area contributed by atoms with Crippen LogP contribution in [0.1, 0.15) is 30.4 Å². The first-order valence-corrected chi connectivity index (χ1v) is 8.21. The second kappa shape index (κ2) is 5.72. The molecule has 1 aliphatic heterocycles. The van der Waals surface area contributed by atoms with Crippen LogP contribution in [0, 0.1) is 0 Å². The highest BCUT2D eigenvalue weighted by molar-refractivity contribution is 5.83. The summed E-state index contributed by atoms with van der Waals surface area (Å²) >= 11 is 0. The van der Waals surface area contributed by atoms with E-state index in [2.05, 4.69) is 0 Å². The Balaban J connectivity index is 1.53. The predicted octanol–water partition coefficient (Wildman–Crippen LogP) is 2.28. The molecule has 2 heterocycles. The van der Waals surface area contributed by atoms with Crippen molar-refractivity contribution in [2.24, 2.45) is 0 Å². The van der Waals surface area contributed by atoms with Crippen molar-refractivity contribution >= 4 is 16.9 Å². The molecule has 1 aromatic carbocycles. The summed E-state index contributed by atoms with van der Waals surface area (Å²) in [6, 6.07) is 5.57. The van der Waals surface area contributed by atoms with Gasteiger partial charge in [0, 0.05) is 23.9 Å². The third kappa shape index (κ3) is 2.60. The average Bonchev–Trinajstić information content (AvgIpc) is 3.18. The number of hydrogen-bond acceptors (Lipinski definition) is 4. The van der Waals surface area contributed by atoms with Crippen LogP contribution in [0.2, 0.25) is 0 Å². The second-order valence-electron chi connectivity index (χ2n) is 6.19. The smallest absolute Gasteiger partial charge is 0.339 e. The largest absolute Gasteiger partial charge is 0.492 e. The molecule has 2 aliphatic rings. The number of rotatable bonds is 4. The number of ether oxygens (including phenoxy) is 1. The summed E-state index contributed by atoms with van der Waals surface area (Å²) in [5.41, 5.74) is 2.35. The summed E-state index contributed by atoms with van der Waals surface area (Å²) in [4.78, 5) is 25.3. The van der Waals surface area contributed by atoms with Gasteiger partial charge in [0.1, 0.15) is 17.9 Å². The van der Waals surface area contributed by atoms with E-state index in [9.17, 15) is 9.59 Å². The van der Waals surface area contributed by atoms with E-state index in [1.807, 2.05) is 17.0 Å². The minimum absolute atomic E-state index is 0.203. The first-order valence-electron chi connectivity index (χ1n) is 8.21. The summed E-state index contributed by atoms with van der Waals surface area (Å²) in [7, 11) is 0. The molecule has 5 nitrogen and oxygen atoms in total. The Kier molecular flexibility index (Phi) is 3.56. The Labute approximate surface area is 133 Å². The molecule has 1 aliphatic carbocycles. The van der Waals surface area contributed by atoms with Crippen molar-refractivity contribution in [3.05, 3.63) is 39.7 Å². The molecule has 0 atom stereocenters. The van der Waals surface area contributed by atoms with Crippen LogP contribution in [0.15, 0.2) is 27.4 Å². The normalized spacial score (nSPS) is 17.0. The Bertz CT molecular complexity index is 824. The van der Waals surface area contributed by atoms with E-state index in [1.165, 1.54) is 0 Å². The van der Waals surface area contributed by atoms with E-state index in [0.29, 0.717) is 25.2 Å². The van der Waals surface area contributed by atoms with Crippen molar-refractivity contribution in [3.63, 3.8) is 0 Å². The molecule has 1 aromatic heterocycles. The van der Waals surface area contributed by atoms with Crippen LogP contribution in [0.5, 0.6) is 5.75 Å². The van der Waals surface area contributed by atoms with E-state index >= 15 is 0 Å². The van der Waals surface area contributed by atoms with Crippen molar-refractivity contribution in [1.29, 1.82) is 0 Å². The van der Waals surface area contributed by atoms with Crippen molar-refractivity contribution in [1.82, 2.24) is 4.90 Å². The van der Waals surface area contributed by atoms with Gasteiger partial charge in [-0.15, -0.1) is 0 Å². The Morgan fingerprint density at radius 3 is 2.78 bits per heavy atom. The molecule has 1 amide bonds. The lowest BCUT2D eigenvalue weighted by Gasteiger charge is -2.16. The lowest BCUT2D eigenvalue weighted by Crippen LogP contribution is -2.29. The number of hydrogen-bond donors (Lipinski definition) is 0. The topological polar surface area (TPSA) is 59.8 Å². The third-order valence-corrected chi connectivity index (χ3v) is 4.74. The number of carbonyl (C=O) groups excluding carboxylic acids is 1. The van der Waals surface area contributed by atoms with E-state index in [4.69, 9.17) is 9.15 Å². The van der Waals surface area contributed by atoms with Gasteiger partial charge in [0.15, 0.2) is 0 Å². The lowest BCUT2D eigenvalue weighted by molar-refractivity contribution is -0.128. The number of amides is 1. The summed E-state index contributed by atoms with van der Waals surface area (Å²) in [6.45, 7) is 1.94. The highest BCUT2D eigenvalue weighted by atomic mass is 16.5. The van der Waals surface area contributed by atoms with Crippen LogP contribution in [-0.2, 0) is 17.6 Å². The third-order valence-electron chi connectivity index (χ3n) is 4.74. The highest BCUT2D eigenvalue weighted by Crippen LogP contribution is 2.30. The van der Waals surface area contributed by atoms with Gasteiger partial charge in [-0.3, -0.25) is 4.79 Å². The van der Waals surface area contributed by atoms with Crippen LogP contribution < -0.4 is 10.4 Å². The fourth-order valence-corrected chi connectivity index (χ4v) is 3.57. The molecule has 0 bridgehead atoms. The summed E-state index contributed by atoms with van der Waals surface area (Å²) in [5.74, 6) is 0.971. The van der Waals surface area contributed by atoms with Crippen LogP contribution >= 0.6 is 0 Å². The van der Waals surface area contributed by atoms with Crippen molar-refractivity contribution in [2.75, 3.05) is 19.7 Å². The molecule has 1 fully saturated rings. The molecule has 2 aromatic rings. The molecular formula is C18H19NO4. The molecule has 5 heteroatoms. The summed E-state index contributed by atoms with van der Waals surface area (Å²) in [5, 5.41) is 0.979. The zero-order chi connectivity index (χ0) is 15.8. The maximum Gasteiger partial charge on any atom is 0.339 e. The number of benzene rings is 1. The zero-order valence-corrected chi connectivity index (χ0v) is 13.0. The fourth-order valence-electron chi connectivity index (χ4n) is 3.57. The molecule has 23 heavy (non-hydrogen) atoms. The molecule has 0 radical (unpaired) electrons. The SMILES string of the molecule is O=C1CCCN1CCOc1ccc2oc(=O)c3c(c2c1)CCC3. The van der Waals surface area contributed by atoms with Gasteiger partial charge in [-0.25, -0.2) is 4.79 Å². The number of fused-ring (bicyclic) bond motifs is 3. The van der Waals surface area contributed by atoms with Crippen LogP contribution in [0.4, 0.5) is 0 Å². The fraction of sp³-hybridized carbons (Fsp3) is 0.444. The van der Waals surface area contributed by atoms with E-state index in [-0.39, 0.29) is 11.5 Å². The maximum atomic E-state index is 11.9. The van der Waals surface area contributed by atoms with Gasteiger partial charge in [-0.2, -0.15) is 0 Å². The molecule has 0 spiro atoms. The Morgan fingerprint density at radius 2 is 1.96 bits per heavy atom. The second-order valence-corrected chi connectivity index (χ2v) is 6.19. The molecule has 120 valence electrons. The number of aryl methyl sites for hydroxylation is 1. The molecule has 0 unspecified atom stereocenters. The van der Waals surface area contributed by atoms with E-state index in [0.717, 1.165) is 54.5 Å². The van der Waals surface area contributed by atoms with Gasteiger partial charge in [0.2, 0.25) is 5.91 Å². The highest BCUT2D eigenvalue weighted by Gasteiger charge is 2.21. The average molecular weight is 313 g/mol. The molecule has 4 rings (SSSR count). The van der Waals surface area contributed by atoms with Gasteiger partial charge in [0.25, 0.3) is 0 Å². The van der Waals surface area contributed by atoms with Gasteiger partial charge >= 0.3 is 5.63 Å². The minimum Gasteiger partial charge on any atom is -0.492 e. The monoisotopic (exact) mass is 313 g/mol. The number of carbonyl (C=O) groups is 1. The van der Waals surface area contributed by atoms with Gasteiger partial charge < -0.3 is 14.1 Å². The molecular weight excluding hydrogens is 294 g/mol. The van der Waals surface area contributed by atoms with Gasteiger partial charge in [-0.05, 0) is 49.4 Å². The predicted molar refractivity (Wildman–Crippen MR) is 85.8 cm³/mol. The van der Waals surface area contributed by atoms with Gasteiger partial charge in [0.05, 0.1) is 6.54 Å². The maximum absolute atomic E-state index is 11.9. The first kappa shape index (κ1) is 14.3. The van der Waals surface area contributed by atoms with Crippen molar-refractivity contribution < 1.29 is 13.9 Å². The Hall–Kier alpha value is -2.30.